The lowest BCUT2D eigenvalue weighted by Gasteiger charge is -2.24. The topological polar surface area (TPSA) is 63.2 Å². The first kappa shape index (κ1) is 23.5. The Bertz CT molecular complexity index is 1020. The predicted molar refractivity (Wildman–Crippen MR) is 106 cm³/mol. The van der Waals surface area contributed by atoms with Gasteiger partial charge in [-0.2, -0.15) is 13.2 Å². The number of amides is 1. The van der Waals surface area contributed by atoms with Gasteiger partial charge in [0, 0.05) is 6.54 Å². The maximum absolute atomic E-state index is 12.9. The van der Waals surface area contributed by atoms with Crippen LogP contribution in [0.4, 0.5) is 13.2 Å². The standard InChI is InChI=1S/C19H18Cl2F3NO3S/c1-18(2,17(26)25-9-8-12-6-7-15(20)16(21)10-12)29(27,28)14-5-3-4-13(11-14)19(22,23)24/h3-7,10-11H,8-9H2,1-2H3,(H,25,26). The number of hydrogen-bond acceptors (Lipinski definition) is 3. The molecule has 0 aromatic heterocycles. The summed E-state index contributed by atoms with van der Waals surface area (Å²) < 4.78 is 62.4. The van der Waals surface area contributed by atoms with Gasteiger partial charge in [-0.15, -0.1) is 0 Å². The molecule has 1 amide bonds. The molecule has 4 nitrogen and oxygen atoms in total. The van der Waals surface area contributed by atoms with E-state index < -0.39 is 37.1 Å². The van der Waals surface area contributed by atoms with Gasteiger partial charge in [-0.25, -0.2) is 8.42 Å². The molecule has 0 bridgehead atoms. The predicted octanol–water partition coefficient (Wildman–Crippen LogP) is 4.92. The summed E-state index contributed by atoms with van der Waals surface area (Å²) in [6.07, 6.45) is -4.33. The fraction of sp³-hybridized carbons (Fsp3) is 0.316. The monoisotopic (exact) mass is 467 g/mol. The summed E-state index contributed by atoms with van der Waals surface area (Å²) in [4.78, 5) is 11.9. The van der Waals surface area contributed by atoms with Crippen LogP contribution in [-0.2, 0) is 27.2 Å². The molecule has 0 aliphatic heterocycles. The second-order valence-electron chi connectivity index (χ2n) is 6.79. The van der Waals surface area contributed by atoms with E-state index in [-0.39, 0.29) is 6.54 Å². The van der Waals surface area contributed by atoms with E-state index in [1.807, 2.05) is 0 Å². The number of benzene rings is 2. The van der Waals surface area contributed by atoms with Crippen LogP contribution in [0.5, 0.6) is 0 Å². The molecule has 2 aromatic rings. The first-order chi connectivity index (χ1) is 13.3. The Kier molecular flexibility index (Phi) is 6.92. The maximum Gasteiger partial charge on any atom is 0.416 e. The SMILES string of the molecule is CC(C)(C(=O)NCCc1ccc(Cl)c(Cl)c1)S(=O)(=O)c1cccc(C(F)(F)F)c1. The molecule has 1 N–H and O–H groups in total. The van der Waals surface area contributed by atoms with Crippen molar-refractivity contribution < 1.29 is 26.4 Å². The van der Waals surface area contributed by atoms with Crippen molar-refractivity contribution >= 4 is 38.9 Å². The highest BCUT2D eigenvalue weighted by atomic mass is 35.5. The molecule has 0 radical (unpaired) electrons. The average molecular weight is 468 g/mol. The van der Waals surface area contributed by atoms with Crippen molar-refractivity contribution in [1.29, 1.82) is 0 Å². The first-order valence-electron chi connectivity index (χ1n) is 8.41. The van der Waals surface area contributed by atoms with Crippen molar-refractivity contribution in [3.8, 4) is 0 Å². The summed E-state index contributed by atoms with van der Waals surface area (Å²) in [5.74, 6) is -0.824. The van der Waals surface area contributed by atoms with Crippen molar-refractivity contribution in [2.45, 2.75) is 36.1 Å². The van der Waals surface area contributed by atoms with Gasteiger partial charge in [0.25, 0.3) is 0 Å². The van der Waals surface area contributed by atoms with Gasteiger partial charge in [0.05, 0.1) is 20.5 Å². The van der Waals surface area contributed by atoms with E-state index >= 15 is 0 Å². The minimum atomic E-state index is -4.70. The summed E-state index contributed by atoms with van der Waals surface area (Å²) >= 11 is 11.8. The minimum absolute atomic E-state index is 0.109. The number of alkyl halides is 3. The maximum atomic E-state index is 12.9. The van der Waals surface area contributed by atoms with E-state index in [1.165, 1.54) is 0 Å². The zero-order valence-electron chi connectivity index (χ0n) is 15.5. The molecule has 10 heteroatoms. The zero-order valence-corrected chi connectivity index (χ0v) is 17.8. The molecule has 0 aliphatic carbocycles. The van der Waals surface area contributed by atoms with Gasteiger partial charge in [0.2, 0.25) is 5.91 Å². The molecule has 0 spiro atoms. The fourth-order valence-electron chi connectivity index (χ4n) is 2.48. The molecule has 0 atom stereocenters. The van der Waals surface area contributed by atoms with Crippen LogP contribution < -0.4 is 5.32 Å². The molecule has 0 unspecified atom stereocenters. The molecule has 2 aromatic carbocycles. The minimum Gasteiger partial charge on any atom is -0.354 e. The van der Waals surface area contributed by atoms with Crippen LogP contribution >= 0.6 is 23.2 Å². The summed E-state index contributed by atoms with van der Waals surface area (Å²) in [5, 5.41) is 3.24. The molecule has 0 saturated heterocycles. The van der Waals surface area contributed by atoms with Gasteiger partial charge in [0.15, 0.2) is 9.84 Å². The molecule has 0 fully saturated rings. The van der Waals surface area contributed by atoms with E-state index in [2.05, 4.69) is 5.32 Å². The van der Waals surface area contributed by atoms with E-state index in [4.69, 9.17) is 23.2 Å². The number of hydrogen-bond donors (Lipinski definition) is 1. The Balaban J connectivity index is 2.15. The zero-order chi connectivity index (χ0) is 22.0. The van der Waals surface area contributed by atoms with Gasteiger partial charge in [-0.05, 0) is 56.2 Å². The Hall–Kier alpha value is -1.77. The van der Waals surface area contributed by atoms with E-state index in [0.29, 0.717) is 22.5 Å². The number of sulfone groups is 1. The molecule has 0 heterocycles. The summed E-state index contributed by atoms with van der Waals surface area (Å²) in [5.41, 5.74) is -0.326. The highest BCUT2D eigenvalue weighted by Crippen LogP contribution is 2.33. The van der Waals surface area contributed by atoms with E-state index in [0.717, 1.165) is 37.6 Å². The lowest BCUT2D eigenvalue weighted by molar-refractivity contribution is -0.137. The van der Waals surface area contributed by atoms with Crippen molar-refractivity contribution in [3.05, 3.63) is 63.6 Å². The highest BCUT2D eigenvalue weighted by Gasteiger charge is 2.43. The van der Waals surface area contributed by atoms with E-state index in [1.54, 1.807) is 18.2 Å². The van der Waals surface area contributed by atoms with Crippen LogP contribution in [0.25, 0.3) is 0 Å². The largest absolute Gasteiger partial charge is 0.416 e. The number of carbonyl (C=O) groups excluding carboxylic acids is 1. The highest BCUT2D eigenvalue weighted by molar-refractivity contribution is 7.93. The lowest BCUT2D eigenvalue weighted by Crippen LogP contribution is -2.48. The van der Waals surface area contributed by atoms with Gasteiger partial charge in [-0.3, -0.25) is 4.79 Å². The number of carbonyl (C=O) groups is 1. The normalized spacial score (nSPS) is 12.7. The van der Waals surface area contributed by atoms with Crippen molar-refractivity contribution in [1.82, 2.24) is 5.32 Å². The Morgan fingerprint density at radius 3 is 2.28 bits per heavy atom. The van der Waals surface area contributed by atoms with Crippen molar-refractivity contribution in [2.24, 2.45) is 0 Å². The molecule has 2 rings (SSSR count). The van der Waals surface area contributed by atoms with Gasteiger partial charge in [-0.1, -0.05) is 35.3 Å². The summed E-state index contributed by atoms with van der Waals surface area (Å²) in [6.45, 7) is 2.41. The average Bonchev–Trinajstić information content (AvgIpc) is 2.63. The second kappa shape index (κ2) is 8.53. The molecule has 0 aliphatic rings. The van der Waals surface area contributed by atoms with Crippen LogP contribution in [0.15, 0.2) is 47.4 Å². The quantitative estimate of drug-likeness (QED) is 0.655. The number of rotatable bonds is 6. The first-order valence-corrected chi connectivity index (χ1v) is 10.6. The Morgan fingerprint density at radius 2 is 1.69 bits per heavy atom. The smallest absolute Gasteiger partial charge is 0.354 e. The molecular formula is C19H18Cl2F3NO3S. The van der Waals surface area contributed by atoms with Gasteiger partial charge in [0.1, 0.15) is 4.75 Å². The van der Waals surface area contributed by atoms with E-state index in [9.17, 15) is 26.4 Å². The van der Waals surface area contributed by atoms with Crippen LogP contribution in [0.1, 0.15) is 25.0 Å². The third-order valence-electron chi connectivity index (χ3n) is 4.37. The fourth-order valence-corrected chi connectivity index (χ4v) is 4.25. The van der Waals surface area contributed by atoms with Crippen molar-refractivity contribution in [3.63, 3.8) is 0 Å². The van der Waals surface area contributed by atoms with Crippen LogP contribution in [-0.4, -0.2) is 25.6 Å². The summed E-state index contributed by atoms with van der Waals surface area (Å²) in [7, 11) is -4.38. The van der Waals surface area contributed by atoms with Crippen LogP contribution in [0.2, 0.25) is 10.0 Å². The number of nitrogens with one attached hydrogen (secondary N) is 1. The third-order valence-corrected chi connectivity index (χ3v) is 7.52. The number of halogens is 5. The van der Waals surface area contributed by atoms with Crippen LogP contribution in [0, 0.1) is 0 Å². The molecule has 0 saturated carbocycles. The Morgan fingerprint density at radius 1 is 1.03 bits per heavy atom. The lowest BCUT2D eigenvalue weighted by atomic mass is 10.1. The molecular weight excluding hydrogens is 450 g/mol. The van der Waals surface area contributed by atoms with Gasteiger partial charge >= 0.3 is 6.18 Å². The third kappa shape index (κ3) is 5.24. The van der Waals surface area contributed by atoms with Crippen molar-refractivity contribution in [2.75, 3.05) is 6.54 Å². The summed E-state index contributed by atoms with van der Waals surface area (Å²) in [6, 6.07) is 8.27. The Labute approximate surface area is 176 Å². The van der Waals surface area contributed by atoms with Crippen LogP contribution in [0.3, 0.4) is 0 Å². The van der Waals surface area contributed by atoms with Gasteiger partial charge < -0.3 is 5.32 Å². The molecule has 29 heavy (non-hydrogen) atoms. The second-order valence-corrected chi connectivity index (χ2v) is 10.1. The molecule has 158 valence electrons.